The van der Waals surface area contributed by atoms with Gasteiger partial charge in [-0.3, -0.25) is 0 Å². The molecule has 0 amide bonds. The zero-order valence-corrected chi connectivity index (χ0v) is 10.1. The minimum atomic E-state index is -0.260. The summed E-state index contributed by atoms with van der Waals surface area (Å²) in [4.78, 5) is 0. The van der Waals surface area contributed by atoms with Crippen LogP contribution in [0.15, 0.2) is 0 Å². The summed E-state index contributed by atoms with van der Waals surface area (Å²) in [6.07, 6.45) is 7.75. The van der Waals surface area contributed by atoms with E-state index in [1.54, 1.807) is 0 Å². The SMILES string of the molecule is CCC(C)C1C2CC3CC(C2)CC1(O)C3. The molecule has 0 aromatic rings. The molecule has 4 unspecified atom stereocenters. The standard InChI is InChI=1S/C14H24O/c1-3-9(2)13-12-5-10-4-11(6-12)8-14(13,15)7-10/h9-13,15H,3-8H2,1-2H3. The summed E-state index contributed by atoms with van der Waals surface area (Å²) in [5.41, 5.74) is -0.260. The normalized spacial score (nSPS) is 54.6. The Morgan fingerprint density at radius 3 is 2.27 bits per heavy atom. The van der Waals surface area contributed by atoms with Gasteiger partial charge in [-0.2, -0.15) is 0 Å². The second-order valence-corrected chi connectivity index (χ2v) is 6.62. The molecule has 86 valence electrons. The van der Waals surface area contributed by atoms with Gasteiger partial charge in [-0.05, 0) is 61.7 Å². The van der Waals surface area contributed by atoms with E-state index >= 15 is 0 Å². The first-order chi connectivity index (χ1) is 7.12. The number of aliphatic hydroxyl groups is 1. The maximum atomic E-state index is 10.9. The van der Waals surface area contributed by atoms with Crippen molar-refractivity contribution < 1.29 is 5.11 Å². The van der Waals surface area contributed by atoms with Gasteiger partial charge >= 0.3 is 0 Å². The van der Waals surface area contributed by atoms with Crippen molar-refractivity contribution in [3.63, 3.8) is 0 Å². The van der Waals surface area contributed by atoms with Crippen molar-refractivity contribution in [1.29, 1.82) is 0 Å². The summed E-state index contributed by atoms with van der Waals surface area (Å²) >= 11 is 0. The van der Waals surface area contributed by atoms with Crippen molar-refractivity contribution in [2.24, 2.45) is 29.6 Å². The maximum absolute atomic E-state index is 10.9. The van der Waals surface area contributed by atoms with Crippen molar-refractivity contribution in [3.8, 4) is 0 Å². The summed E-state index contributed by atoms with van der Waals surface area (Å²) < 4.78 is 0. The van der Waals surface area contributed by atoms with Gasteiger partial charge in [-0.15, -0.1) is 0 Å². The first kappa shape index (κ1) is 10.1. The molecule has 4 rings (SSSR count). The van der Waals surface area contributed by atoms with Crippen LogP contribution < -0.4 is 0 Å². The van der Waals surface area contributed by atoms with Crippen LogP contribution >= 0.6 is 0 Å². The highest BCUT2D eigenvalue weighted by molar-refractivity contribution is 5.07. The number of rotatable bonds is 2. The van der Waals surface area contributed by atoms with Crippen LogP contribution in [0.5, 0.6) is 0 Å². The van der Waals surface area contributed by atoms with E-state index in [2.05, 4.69) is 13.8 Å². The number of hydrogen-bond donors (Lipinski definition) is 1. The van der Waals surface area contributed by atoms with E-state index in [4.69, 9.17) is 0 Å². The molecule has 4 aliphatic carbocycles. The fraction of sp³-hybridized carbons (Fsp3) is 1.00. The predicted molar refractivity (Wildman–Crippen MR) is 61.4 cm³/mol. The van der Waals surface area contributed by atoms with Gasteiger partial charge in [-0.1, -0.05) is 20.3 Å². The van der Waals surface area contributed by atoms with Crippen LogP contribution in [0, 0.1) is 29.6 Å². The third kappa shape index (κ3) is 1.39. The van der Waals surface area contributed by atoms with Gasteiger partial charge in [0.2, 0.25) is 0 Å². The molecule has 4 atom stereocenters. The molecule has 4 fully saturated rings. The third-order valence-corrected chi connectivity index (χ3v) is 5.61. The predicted octanol–water partition coefficient (Wildman–Crippen LogP) is 3.22. The lowest BCUT2D eigenvalue weighted by atomic mass is 9.47. The molecular weight excluding hydrogens is 184 g/mol. The topological polar surface area (TPSA) is 20.2 Å². The molecule has 1 heteroatoms. The highest BCUT2D eigenvalue weighted by atomic mass is 16.3. The minimum absolute atomic E-state index is 0.260. The van der Waals surface area contributed by atoms with Gasteiger partial charge in [0.15, 0.2) is 0 Å². The lowest BCUT2D eigenvalue weighted by Crippen LogP contribution is -2.58. The molecule has 1 nitrogen and oxygen atoms in total. The minimum Gasteiger partial charge on any atom is -0.390 e. The van der Waals surface area contributed by atoms with Crippen molar-refractivity contribution in [2.45, 2.75) is 58.0 Å². The van der Waals surface area contributed by atoms with Gasteiger partial charge < -0.3 is 5.11 Å². The van der Waals surface area contributed by atoms with Crippen molar-refractivity contribution in [2.75, 3.05) is 0 Å². The third-order valence-electron chi connectivity index (χ3n) is 5.61. The van der Waals surface area contributed by atoms with Crippen molar-refractivity contribution in [3.05, 3.63) is 0 Å². The zero-order chi connectivity index (χ0) is 10.6. The van der Waals surface area contributed by atoms with Crippen LogP contribution in [-0.4, -0.2) is 10.7 Å². The van der Waals surface area contributed by atoms with Gasteiger partial charge in [0.25, 0.3) is 0 Å². The average Bonchev–Trinajstić information content (AvgIpc) is 2.14. The Morgan fingerprint density at radius 2 is 1.80 bits per heavy atom. The molecule has 4 bridgehead atoms. The molecule has 1 N–H and O–H groups in total. The summed E-state index contributed by atoms with van der Waals surface area (Å²) in [6.45, 7) is 4.63. The summed E-state index contributed by atoms with van der Waals surface area (Å²) in [6, 6.07) is 0. The Labute approximate surface area is 93.3 Å². The Morgan fingerprint density at radius 1 is 1.20 bits per heavy atom. The Balaban J connectivity index is 1.89. The van der Waals surface area contributed by atoms with E-state index in [0.29, 0.717) is 5.92 Å². The summed E-state index contributed by atoms with van der Waals surface area (Å²) in [5.74, 6) is 3.94. The molecule has 0 aromatic carbocycles. The van der Waals surface area contributed by atoms with E-state index in [1.807, 2.05) is 0 Å². The van der Waals surface area contributed by atoms with Crippen molar-refractivity contribution in [1.82, 2.24) is 0 Å². The van der Waals surface area contributed by atoms with Crippen LogP contribution in [-0.2, 0) is 0 Å². The molecule has 15 heavy (non-hydrogen) atoms. The number of hydrogen-bond acceptors (Lipinski definition) is 1. The highest BCUT2D eigenvalue weighted by Gasteiger charge is 2.57. The van der Waals surface area contributed by atoms with E-state index in [1.165, 1.54) is 25.7 Å². The van der Waals surface area contributed by atoms with Gasteiger partial charge in [0, 0.05) is 0 Å². The molecule has 0 aromatic heterocycles. The van der Waals surface area contributed by atoms with Crippen LogP contribution in [0.25, 0.3) is 0 Å². The molecular formula is C14H24O. The summed E-state index contributed by atoms with van der Waals surface area (Å²) in [5, 5.41) is 10.9. The van der Waals surface area contributed by atoms with Crippen LogP contribution in [0.1, 0.15) is 52.4 Å². The monoisotopic (exact) mass is 208 g/mol. The first-order valence-electron chi connectivity index (χ1n) is 6.84. The highest BCUT2D eigenvalue weighted by Crippen LogP contribution is 2.60. The smallest absolute Gasteiger partial charge is 0.0686 e. The van der Waals surface area contributed by atoms with Crippen molar-refractivity contribution >= 4 is 0 Å². The fourth-order valence-corrected chi connectivity index (χ4v) is 5.29. The first-order valence-corrected chi connectivity index (χ1v) is 6.84. The van der Waals surface area contributed by atoms with Gasteiger partial charge in [0.1, 0.15) is 0 Å². The lowest BCUT2D eigenvalue weighted by Gasteiger charge is -2.60. The Hall–Kier alpha value is -0.0400. The largest absolute Gasteiger partial charge is 0.390 e. The van der Waals surface area contributed by atoms with Gasteiger partial charge in [0.05, 0.1) is 5.60 Å². The quantitative estimate of drug-likeness (QED) is 0.738. The second kappa shape index (κ2) is 3.23. The molecule has 4 aliphatic rings. The molecule has 4 saturated carbocycles. The van der Waals surface area contributed by atoms with Crippen LogP contribution in [0.2, 0.25) is 0 Å². The zero-order valence-electron chi connectivity index (χ0n) is 10.1. The van der Waals surface area contributed by atoms with Gasteiger partial charge in [-0.25, -0.2) is 0 Å². The molecule has 0 radical (unpaired) electrons. The van der Waals surface area contributed by atoms with E-state index in [-0.39, 0.29) is 5.60 Å². The second-order valence-electron chi connectivity index (χ2n) is 6.62. The lowest BCUT2D eigenvalue weighted by molar-refractivity contribution is -0.186. The fourth-order valence-electron chi connectivity index (χ4n) is 5.29. The van der Waals surface area contributed by atoms with E-state index in [9.17, 15) is 5.11 Å². The maximum Gasteiger partial charge on any atom is 0.0686 e. The van der Waals surface area contributed by atoms with Crippen LogP contribution in [0.4, 0.5) is 0 Å². The Bertz CT molecular complexity index is 246. The molecule has 0 aliphatic heterocycles. The summed E-state index contributed by atoms with van der Waals surface area (Å²) in [7, 11) is 0. The molecule has 0 heterocycles. The molecule has 0 spiro atoms. The average molecular weight is 208 g/mol. The molecule has 0 saturated heterocycles. The van der Waals surface area contributed by atoms with E-state index < -0.39 is 0 Å². The van der Waals surface area contributed by atoms with Crippen LogP contribution in [0.3, 0.4) is 0 Å². The Kier molecular flexibility index (Phi) is 2.18. The van der Waals surface area contributed by atoms with E-state index in [0.717, 1.165) is 36.5 Å².